The first-order chi connectivity index (χ1) is 10.3. The molecule has 1 aromatic rings. The minimum Gasteiger partial charge on any atom is -0.339 e. The van der Waals surface area contributed by atoms with Crippen molar-refractivity contribution < 1.29 is 0 Å². The molecule has 0 amide bonds. The number of piperidine rings is 1. The number of aromatic nitrogens is 3. The van der Waals surface area contributed by atoms with Gasteiger partial charge in [-0.15, -0.1) is 5.10 Å². The molecule has 1 aliphatic rings. The number of nitrogens with one attached hydrogen (secondary N) is 1. The van der Waals surface area contributed by atoms with Gasteiger partial charge in [0.2, 0.25) is 5.95 Å². The molecule has 0 unspecified atom stereocenters. The van der Waals surface area contributed by atoms with E-state index in [-0.39, 0.29) is 0 Å². The lowest BCUT2D eigenvalue weighted by Gasteiger charge is -2.28. The van der Waals surface area contributed by atoms with Crippen molar-refractivity contribution in [2.45, 2.75) is 77.2 Å². The maximum atomic E-state index is 5.93. The van der Waals surface area contributed by atoms with Gasteiger partial charge in [0, 0.05) is 25.6 Å². The molecule has 120 valence electrons. The molecule has 5 nitrogen and oxygen atoms in total. The number of hydrogen-bond donors (Lipinski definition) is 2. The Morgan fingerprint density at radius 2 is 1.76 bits per heavy atom. The summed E-state index contributed by atoms with van der Waals surface area (Å²) in [6, 6.07) is 0.354. The molecule has 1 aromatic heterocycles. The zero-order chi connectivity index (χ0) is 14.9. The number of rotatable bonds is 9. The van der Waals surface area contributed by atoms with Crippen molar-refractivity contribution in [3.8, 4) is 0 Å². The van der Waals surface area contributed by atoms with Crippen molar-refractivity contribution in [3.63, 3.8) is 0 Å². The number of nitrogens with zero attached hydrogens (tertiary/aromatic N) is 3. The van der Waals surface area contributed by atoms with Gasteiger partial charge in [-0.25, -0.2) is 0 Å². The summed E-state index contributed by atoms with van der Waals surface area (Å²) in [6.07, 6.45) is 12.4. The number of aromatic amines is 1. The molecule has 0 saturated carbocycles. The predicted molar refractivity (Wildman–Crippen MR) is 87.5 cm³/mol. The van der Waals surface area contributed by atoms with Gasteiger partial charge >= 0.3 is 0 Å². The van der Waals surface area contributed by atoms with E-state index >= 15 is 0 Å². The standard InChI is InChI=1S/C16H31N5/c1-2-3-4-5-6-7-8-9-15-18-16(20-19-15)21-12-10-14(17)11-13-21/h14H,2-13,17H2,1H3,(H,18,19,20). The fourth-order valence-corrected chi connectivity index (χ4v) is 2.89. The van der Waals surface area contributed by atoms with Crippen LogP contribution in [0.3, 0.4) is 0 Å². The molecule has 3 N–H and O–H groups in total. The summed E-state index contributed by atoms with van der Waals surface area (Å²) < 4.78 is 0. The van der Waals surface area contributed by atoms with Crippen LogP contribution in [-0.4, -0.2) is 34.3 Å². The molecule has 21 heavy (non-hydrogen) atoms. The minimum absolute atomic E-state index is 0.354. The largest absolute Gasteiger partial charge is 0.339 e. The maximum absolute atomic E-state index is 5.93. The highest BCUT2D eigenvalue weighted by molar-refractivity contribution is 5.29. The molecule has 5 heteroatoms. The van der Waals surface area contributed by atoms with Crippen LogP contribution in [0.4, 0.5) is 5.95 Å². The highest BCUT2D eigenvalue weighted by Gasteiger charge is 2.19. The molecule has 1 aliphatic heterocycles. The molecule has 0 bridgehead atoms. The lowest BCUT2D eigenvalue weighted by molar-refractivity contribution is 0.496. The first kappa shape index (κ1) is 16.3. The van der Waals surface area contributed by atoms with Crippen LogP contribution >= 0.6 is 0 Å². The topological polar surface area (TPSA) is 70.8 Å². The summed E-state index contributed by atoms with van der Waals surface area (Å²) >= 11 is 0. The number of H-pyrrole nitrogens is 1. The van der Waals surface area contributed by atoms with Crippen LogP contribution in [0.1, 0.15) is 70.5 Å². The molecule has 0 spiro atoms. The second-order valence-corrected chi connectivity index (χ2v) is 6.28. The van der Waals surface area contributed by atoms with Crippen LogP contribution in [-0.2, 0) is 6.42 Å². The van der Waals surface area contributed by atoms with Crippen LogP contribution < -0.4 is 10.6 Å². The van der Waals surface area contributed by atoms with Gasteiger partial charge in [-0.2, -0.15) is 4.98 Å². The van der Waals surface area contributed by atoms with Crippen LogP contribution in [0.25, 0.3) is 0 Å². The summed E-state index contributed by atoms with van der Waals surface area (Å²) in [5, 5.41) is 7.44. The third-order valence-corrected chi connectivity index (χ3v) is 4.36. The second-order valence-electron chi connectivity index (χ2n) is 6.28. The predicted octanol–water partition coefficient (Wildman–Crippen LogP) is 3.03. The number of hydrogen-bond acceptors (Lipinski definition) is 4. The van der Waals surface area contributed by atoms with Gasteiger partial charge in [-0.3, -0.25) is 5.10 Å². The van der Waals surface area contributed by atoms with E-state index in [4.69, 9.17) is 5.73 Å². The minimum atomic E-state index is 0.354. The number of aryl methyl sites for hydroxylation is 1. The second kappa shape index (κ2) is 9.03. The van der Waals surface area contributed by atoms with Gasteiger partial charge in [-0.1, -0.05) is 45.4 Å². The molecule has 2 rings (SSSR count). The van der Waals surface area contributed by atoms with E-state index in [0.29, 0.717) is 6.04 Å². The Bertz CT molecular complexity index is 382. The molecule has 0 atom stereocenters. The molecule has 0 radical (unpaired) electrons. The Hall–Kier alpha value is -1.10. The Morgan fingerprint density at radius 3 is 2.48 bits per heavy atom. The Balaban J connectivity index is 1.62. The normalized spacial score (nSPS) is 16.6. The van der Waals surface area contributed by atoms with Crippen molar-refractivity contribution in [2.75, 3.05) is 18.0 Å². The molecule has 0 aromatic carbocycles. The smallest absolute Gasteiger partial charge is 0.244 e. The van der Waals surface area contributed by atoms with Crippen LogP contribution in [0.2, 0.25) is 0 Å². The zero-order valence-electron chi connectivity index (χ0n) is 13.5. The Kier molecular flexibility index (Phi) is 7.00. The van der Waals surface area contributed by atoms with Gasteiger partial charge < -0.3 is 10.6 Å². The van der Waals surface area contributed by atoms with E-state index in [2.05, 4.69) is 27.0 Å². The first-order valence-electron chi connectivity index (χ1n) is 8.71. The molecule has 1 fully saturated rings. The van der Waals surface area contributed by atoms with Crippen molar-refractivity contribution >= 4 is 5.95 Å². The van der Waals surface area contributed by atoms with Crippen molar-refractivity contribution in [1.82, 2.24) is 15.2 Å². The fourth-order valence-electron chi connectivity index (χ4n) is 2.89. The summed E-state index contributed by atoms with van der Waals surface area (Å²) in [5.41, 5.74) is 5.93. The number of nitrogens with two attached hydrogens (primary N) is 1. The van der Waals surface area contributed by atoms with Gasteiger partial charge in [0.15, 0.2) is 0 Å². The number of unbranched alkanes of at least 4 members (excludes halogenated alkanes) is 6. The van der Waals surface area contributed by atoms with E-state index in [1.54, 1.807) is 0 Å². The van der Waals surface area contributed by atoms with Crippen LogP contribution in [0.5, 0.6) is 0 Å². The SMILES string of the molecule is CCCCCCCCCc1nc(N2CCC(N)CC2)n[nH]1. The van der Waals surface area contributed by atoms with Crippen molar-refractivity contribution in [2.24, 2.45) is 5.73 Å². The molecular formula is C16H31N5. The van der Waals surface area contributed by atoms with E-state index in [9.17, 15) is 0 Å². The maximum Gasteiger partial charge on any atom is 0.244 e. The average Bonchev–Trinajstić information content (AvgIpc) is 2.96. The lowest BCUT2D eigenvalue weighted by Crippen LogP contribution is -2.40. The van der Waals surface area contributed by atoms with Gasteiger partial charge in [-0.05, 0) is 19.3 Å². The van der Waals surface area contributed by atoms with Crippen molar-refractivity contribution in [3.05, 3.63) is 5.82 Å². The van der Waals surface area contributed by atoms with E-state index < -0.39 is 0 Å². The van der Waals surface area contributed by atoms with Gasteiger partial charge in [0.1, 0.15) is 5.82 Å². The molecular weight excluding hydrogens is 262 g/mol. The monoisotopic (exact) mass is 293 g/mol. The average molecular weight is 293 g/mol. The van der Waals surface area contributed by atoms with Gasteiger partial charge in [0.05, 0.1) is 0 Å². The molecule has 2 heterocycles. The summed E-state index contributed by atoms with van der Waals surface area (Å²) in [7, 11) is 0. The highest BCUT2D eigenvalue weighted by Crippen LogP contribution is 2.15. The first-order valence-corrected chi connectivity index (χ1v) is 8.71. The third kappa shape index (κ3) is 5.65. The van der Waals surface area contributed by atoms with Crippen LogP contribution in [0.15, 0.2) is 0 Å². The van der Waals surface area contributed by atoms with Gasteiger partial charge in [0.25, 0.3) is 0 Å². The quantitative estimate of drug-likeness (QED) is 0.687. The summed E-state index contributed by atoms with van der Waals surface area (Å²) in [5.74, 6) is 1.90. The van der Waals surface area contributed by atoms with E-state index in [0.717, 1.165) is 44.1 Å². The molecule has 0 aliphatic carbocycles. The lowest BCUT2D eigenvalue weighted by atomic mass is 10.1. The van der Waals surface area contributed by atoms with Crippen molar-refractivity contribution in [1.29, 1.82) is 0 Å². The zero-order valence-corrected chi connectivity index (χ0v) is 13.5. The fraction of sp³-hybridized carbons (Fsp3) is 0.875. The highest BCUT2D eigenvalue weighted by atomic mass is 15.4. The Labute approximate surface area is 128 Å². The third-order valence-electron chi connectivity index (χ3n) is 4.36. The van der Waals surface area contributed by atoms with E-state index in [1.165, 1.54) is 44.9 Å². The molecule has 1 saturated heterocycles. The summed E-state index contributed by atoms with van der Waals surface area (Å²) in [4.78, 5) is 6.87. The number of anilines is 1. The van der Waals surface area contributed by atoms with Crippen LogP contribution in [0, 0.1) is 0 Å². The Morgan fingerprint density at radius 1 is 1.10 bits per heavy atom. The van der Waals surface area contributed by atoms with E-state index in [1.807, 2.05) is 0 Å². The summed E-state index contributed by atoms with van der Waals surface area (Å²) in [6.45, 7) is 4.23.